The molecule has 274 valence electrons. The van der Waals surface area contributed by atoms with Crippen molar-refractivity contribution in [2.75, 3.05) is 32.6 Å². The van der Waals surface area contributed by atoms with E-state index in [1.54, 1.807) is 7.11 Å². The molecule has 4 aromatic rings. The molecule has 2 atom stereocenters. The highest BCUT2D eigenvalue weighted by atomic mass is 35.5. The van der Waals surface area contributed by atoms with E-state index >= 15 is 0 Å². The van der Waals surface area contributed by atoms with Crippen LogP contribution in [0.1, 0.15) is 53.4 Å². The molecule has 16 heteroatoms. The van der Waals surface area contributed by atoms with E-state index < -0.39 is 36.2 Å². The Morgan fingerprint density at radius 1 is 0.942 bits per heavy atom. The lowest BCUT2D eigenvalue weighted by Crippen LogP contribution is -2.35. The molecule has 1 amide bonds. The van der Waals surface area contributed by atoms with Crippen LogP contribution < -0.4 is 30.7 Å². The number of alkyl halides is 3. The molecule has 2 aromatic heterocycles. The molecule has 5 N–H and O–H groups in total. The lowest BCUT2D eigenvalue weighted by Gasteiger charge is -2.20. The minimum atomic E-state index is -4.85. The van der Waals surface area contributed by atoms with Gasteiger partial charge in [0.2, 0.25) is 17.7 Å². The largest absolute Gasteiger partial charge is 0.481 e. The number of ether oxygens (including phenoxy) is 2. The number of rotatable bonds is 14. The quantitative estimate of drug-likeness (QED) is 0.111. The van der Waals surface area contributed by atoms with Crippen molar-refractivity contribution in [3.8, 4) is 34.1 Å². The van der Waals surface area contributed by atoms with E-state index in [2.05, 4.69) is 31.2 Å². The molecule has 6 rings (SSSR count). The van der Waals surface area contributed by atoms with Crippen molar-refractivity contribution >= 4 is 29.3 Å². The van der Waals surface area contributed by atoms with Crippen molar-refractivity contribution in [3.05, 3.63) is 81.6 Å². The van der Waals surface area contributed by atoms with Gasteiger partial charge in [0.1, 0.15) is 5.69 Å². The summed E-state index contributed by atoms with van der Waals surface area (Å²) in [5.41, 5.74) is 4.08. The van der Waals surface area contributed by atoms with Crippen molar-refractivity contribution in [2.45, 2.75) is 57.0 Å². The highest BCUT2D eigenvalue weighted by Gasteiger charge is 2.39. The van der Waals surface area contributed by atoms with Crippen LogP contribution in [0.25, 0.3) is 22.4 Å². The average Bonchev–Trinajstić information content (AvgIpc) is 3.73. The summed E-state index contributed by atoms with van der Waals surface area (Å²) >= 11 is 7.08. The number of amides is 1. The SMILES string of the molecule is COc1nc(-c2cccc(-c3cccc4c3CC[C@@H]4Nc3nc(OC)c(CNCC(=O)O)nc3C(F)(F)F)c2Cl)ccc1CNC[C@@H]1CCC(=O)N1. The monoisotopic (exact) mass is 739 g/mol. The van der Waals surface area contributed by atoms with Crippen LogP contribution in [0.3, 0.4) is 0 Å². The number of carbonyl (C=O) groups is 2. The summed E-state index contributed by atoms with van der Waals surface area (Å²) < 4.78 is 53.6. The summed E-state index contributed by atoms with van der Waals surface area (Å²) in [6, 6.07) is 14.7. The molecule has 0 unspecified atom stereocenters. The molecule has 0 saturated carbocycles. The predicted molar refractivity (Wildman–Crippen MR) is 187 cm³/mol. The van der Waals surface area contributed by atoms with Crippen LogP contribution in [0.2, 0.25) is 5.02 Å². The molecule has 0 spiro atoms. The molecule has 0 radical (unpaired) electrons. The van der Waals surface area contributed by atoms with Crippen LogP contribution in [0.4, 0.5) is 19.0 Å². The van der Waals surface area contributed by atoms with E-state index in [9.17, 15) is 22.8 Å². The average molecular weight is 740 g/mol. The van der Waals surface area contributed by atoms with Crippen molar-refractivity contribution in [1.82, 2.24) is 30.9 Å². The van der Waals surface area contributed by atoms with Gasteiger partial charge in [-0.25, -0.2) is 9.97 Å². The summed E-state index contributed by atoms with van der Waals surface area (Å²) in [4.78, 5) is 35.1. The lowest BCUT2D eigenvalue weighted by molar-refractivity contribution is -0.141. The van der Waals surface area contributed by atoms with E-state index in [1.165, 1.54) is 7.11 Å². The van der Waals surface area contributed by atoms with Gasteiger partial charge in [0.15, 0.2) is 11.5 Å². The Kier molecular flexibility index (Phi) is 11.1. The zero-order valence-corrected chi connectivity index (χ0v) is 29.1. The van der Waals surface area contributed by atoms with Crippen LogP contribution in [0.5, 0.6) is 11.8 Å². The molecule has 1 aliphatic carbocycles. The number of benzene rings is 2. The molecular formula is C36H37ClF3N7O5. The maximum Gasteiger partial charge on any atom is 0.437 e. The number of pyridine rings is 1. The minimum absolute atomic E-state index is 0.0644. The maximum atomic E-state index is 14.2. The van der Waals surface area contributed by atoms with Crippen LogP contribution >= 0.6 is 11.6 Å². The van der Waals surface area contributed by atoms with E-state index in [0.29, 0.717) is 54.5 Å². The Labute approximate surface area is 302 Å². The Hall–Kier alpha value is -4.99. The molecule has 12 nitrogen and oxygen atoms in total. The van der Waals surface area contributed by atoms with Gasteiger partial charge in [-0.3, -0.25) is 9.59 Å². The van der Waals surface area contributed by atoms with Crippen molar-refractivity contribution in [1.29, 1.82) is 0 Å². The molecule has 2 aromatic carbocycles. The van der Waals surface area contributed by atoms with Gasteiger partial charge in [-0.15, -0.1) is 0 Å². The van der Waals surface area contributed by atoms with Gasteiger partial charge in [0.25, 0.3) is 0 Å². The second kappa shape index (κ2) is 15.7. The summed E-state index contributed by atoms with van der Waals surface area (Å²) in [7, 11) is 2.81. The molecule has 1 fully saturated rings. The third-order valence-corrected chi connectivity index (χ3v) is 9.44. The molecule has 2 aliphatic rings. The fourth-order valence-electron chi connectivity index (χ4n) is 6.62. The second-order valence-corrected chi connectivity index (χ2v) is 12.8. The molecule has 1 aliphatic heterocycles. The topological polar surface area (TPSA) is 160 Å². The molecule has 3 heterocycles. The van der Waals surface area contributed by atoms with E-state index in [4.69, 9.17) is 31.2 Å². The highest BCUT2D eigenvalue weighted by molar-refractivity contribution is 6.36. The summed E-state index contributed by atoms with van der Waals surface area (Å²) in [6.45, 7) is 0.374. The number of halogens is 4. The number of aliphatic carboxylic acids is 1. The van der Waals surface area contributed by atoms with Gasteiger partial charge in [-0.05, 0) is 42.0 Å². The van der Waals surface area contributed by atoms with Crippen LogP contribution in [-0.2, 0) is 35.3 Å². The number of hydrogen-bond acceptors (Lipinski definition) is 10. The zero-order chi connectivity index (χ0) is 37.0. The van der Waals surface area contributed by atoms with Gasteiger partial charge in [-0.2, -0.15) is 18.2 Å². The summed E-state index contributed by atoms with van der Waals surface area (Å²) in [5, 5.41) is 21.1. The number of nitrogens with one attached hydrogen (secondary N) is 4. The van der Waals surface area contributed by atoms with Crippen LogP contribution in [0.15, 0.2) is 48.5 Å². The summed E-state index contributed by atoms with van der Waals surface area (Å²) in [6.07, 6.45) is -2.47. The first-order valence-corrected chi connectivity index (χ1v) is 17.0. The number of aromatic nitrogens is 3. The van der Waals surface area contributed by atoms with Gasteiger partial charge in [-0.1, -0.05) is 54.1 Å². The first kappa shape index (κ1) is 36.8. The van der Waals surface area contributed by atoms with Crippen molar-refractivity contribution in [2.24, 2.45) is 0 Å². The first-order chi connectivity index (χ1) is 25.0. The fourth-order valence-corrected chi connectivity index (χ4v) is 6.95. The first-order valence-electron chi connectivity index (χ1n) is 16.6. The maximum absolute atomic E-state index is 14.2. The Morgan fingerprint density at radius 2 is 1.69 bits per heavy atom. The van der Waals surface area contributed by atoms with Crippen molar-refractivity contribution < 1.29 is 37.3 Å². The molecule has 1 saturated heterocycles. The van der Waals surface area contributed by atoms with E-state index in [1.807, 2.05) is 48.5 Å². The fraction of sp³-hybridized carbons (Fsp3) is 0.361. The number of anilines is 1. The Bertz CT molecular complexity index is 1980. The number of nitrogens with zero attached hydrogens (tertiary/aromatic N) is 3. The number of methoxy groups -OCH3 is 2. The van der Waals surface area contributed by atoms with Gasteiger partial charge in [0, 0.05) is 48.8 Å². The van der Waals surface area contributed by atoms with Gasteiger partial charge in [0.05, 0.1) is 37.5 Å². The van der Waals surface area contributed by atoms with Gasteiger partial charge < -0.3 is 35.8 Å². The normalized spacial score (nSPS) is 16.8. The third-order valence-electron chi connectivity index (χ3n) is 9.03. The van der Waals surface area contributed by atoms with Gasteiger partial charge >= 0.3 is 12.1 Å². The van der Waals surface area contributed by atoms with E-state index in [0.717, 1.165) is 34.2 Å². The van der Waals surface area contributed by atoms with Crippen molar-refractivity contribution in [3.63, 3.8) is 0 Å². The number of hydrogen-bond donors (Lipinski definition) is 5. The Morgan fingerprint density at radius 3 is 2.40 bits per heavy atom. The second-order valence-electron chi connectivity index (χ2n) is 12.4. The van der Waals surface area contributed by atoms with E-state index in [-0.39, 0.29) is 30.1 Å². The minimum Gasteiger partial charge on any atom is -0.481 e. The van der Waals surface area contributed by atoms with Crippen LogP contribution in [0, 0.1) is 0 Å². The lowest BCUT2D eigenvalue weighted by atomic mass is 9.94. The zero-order valence-electron chi connectivity index (χ0n) is 28.4. The predicted octanol–water partition coefficient (Wildman–Crippen LogP) is 5.54. The number of carbonyl (C=O) groups excluding carboxylic acids is 1. The standard InChI is InChI=1S/C36H37ClF3N7O5/c1-51-34-19(15-41-16-20-10-14-29(48)43-20)9-12-27(46-34)25-8-4-7-24(31(25)37)21-5-3-6-23-22(21)11-13-26(23)45-33-32(36(38,39)40)44-28(35(47-33)52-2)17-42-18-30(49)50/h3-9,12,20,26,41-42H,10-11,13-18H2,1-2H3,(H,43,48)(H,45,47)(H,49,50)/t20-,26-/m0/s1. The summed E-state index contributed by atoms with van der Waals surface area (Å²) in [5.74, 6) is -1.30. The highest BCUT2D eigenvalue weighted by Crippen LogP contribution is 2.44. The third kappa shape index (κ3) is 8.06. The Balaban J connectivity index is 1.25. The molecule has 0 bridgehead atoms. The number of carboxylic acids is 1. The molecular weight excluding hydrogens is 703 g/mol. The number of fused-ring (bicyclic) bond motifs is 1. The smallest absolute Gasteiger partial charge is 0.437 e. The molecule has 52 heavy (non-hydrogen) atoms. The van der Waals surface area contributed by atoms with Crippen LogP contribution in [-0.4, -0.2) is 65.3 Å². The number of carboxylic acid groups (broad SMARTS) is 1.